The van der Waals surface area contributed by atoms with Crippen molar-refractivity contribution in [1.82, 2.24) is 78.9 Å². The highest BCUT2D eigenvalue weighted by Crippen LogP contribution is 2.46. The fraction of sp³-hybridized carbons (Fsp3) is 0.0206. The molecule has 0 amide bonds. The van der Waals surface area contributed by atoms with Crippen LogP contribution in [0.15, 0.2) is 334 Å². The van der Waals surface area contributed by atoms with E-state index in [2.05, 4.69) is 92.8 Å². The molecule has 13 aromatic carbocycles. The Morgan fingerprint density at radius 3 is 0.614 bits per heavy atom. The van der Waals surface area contributed by atoms with Gasteiger partial charge in [0.1, 0.15) is 5.82 Å². The largest absolute Gasteiger partial charge is 0.308 e. The highest BCUT2D eigenvalue weighted by molar-refractivity contribution is 6.14. The van der Waals surface area contributed by atoms with Gasteiger partial charge in [-0.2, -0.15) is 0 Å². The molecule has 0 bridgehead atoms. The molecule has 0 N–H and O–H groups in total. The van der Waals surface area contributed by atoms with Gasteiger partial charge in [0, 0.05) is 105 Å². The van der Waals surface area contributed by atoms with Crippen LogP contribution in [0.3, 0.4) is 0 Å². The minimum absolute atomic E-state index is 0.303. The summed E-state index contributed by atoms with van der Waals surface area (Å²) >= 11 is 0. The first-order chi connectivity index (χ1) is 56.2. The van der Waals surface area contributed by atoms with Crippen LogP contribution in [0.4, 0.5) is 5.69 Å². The quantitative estimate of drug-likeness (QED) is 0.0879. The lowest BCUT2D eigenvalue weighted by Crippen LogP contribution is -2.06. The second-order valence-corrected chi connectivity index (χ2v) is 27.7. The molecule has 0 unspecified atom stereocenters. The van der Waals surface area contributed by atoms with Gasteiger partial charge in [0.15, 0.2) is 75.6 Å². The molecule has 7 heterocycles. The number of nitrogens with zero attached hydrogens (tertiary/aromatic N) is 17. The monoisotopic (exact) mass is 1460 g/mol. The van der Waals surface area contributed by atoms with E-state index in [-0.39, 0.29) is 0 Å². The van der Waals surface area contributed by atoms with Crippen LogP contribution in [0.2, 0.25) is 0 Å². The van der Waals surface area contributed by atoms with Gasteiger partial charge in [0.2, 0.25) is 0 Å². The van der Waals surface area contributed by atoms with Crippen molar-refractivity contribution in [3.05, 3.63) is 356 Å². The van der Waals surface area contributed by atoms with E-state index < -0.39 is 0 Å². The molecule has 0 atom stereocenters. The van der Waals surface area contributed by atoms with E-state index >= 15 is 0 Å². The summed E-state index contributed by atoms with van der Waals surface area (Å²) in [6.45, 7) is 13.3. The van der Waals surface area contributed by atoms with Gasteiger partial charge in [-0.3, -0.25) is 0 Å². The van der Waals surface area contributed by atoms with E-state index in [1.807, 2.05) is 269 Å². The summed E-state index contributed by atoms with van der Waals surface area (Å²) in [6.07, 6.45) is 0. The lowest BCUT2D eigenvalue weighted by atomic mass is 10.1. The van der Waals surface area contributed by atoms with Crippen LogP contribution in [0.25, 0.3) is 208 Å². The van der Waals surface area contributed by atoms with Crippen molar-refractivity contribution in [3.8, 4) is 159 Å². The molecule has 20 aromatic rings. The highest BCUT2D eigenvalue weighted by Gasteiger charge is 2.28. The Kier molecular flexibility index (Phi) is 16.9. The molecular weight excluding hydrogens is 1400 g/mol. The summed E-state index contributed by atoms with van der Waals surface area (Å²) in [5, 5.41) is 3.59. The standard InChI is InChI=1S/C97H61N17/c1-59-52-60(2)100-97(99-59)77-57-83(113-79-53-69(93-105-85(61-28-12-4-13-29-61)101-86(106-93)62-30-14-5-15-31-62)44-48-73(79)74-49-45-70(54-80(74)113)94-107-87(63-32-16-6-17-33-63)102-88(108-94)64-34-18-7-19-35-64)84(58-78(77)98-3)114-81-55-71(95-109-89(65-36-20-8-21-37-65)103-90(110-95)66-38-22-9-23-39-66)46-50-75(81)76-51-47-72(56-82(76)114)96-111-91(67-40-24-10-25-41-67)104-92(112-96)68-42-26-11-27-43-68/h4-58H,1-2H3. The fourth-order valence-corrected chi connectivity index (χ4v) is 14.9. The van der Waals surface area contributed by atoms with Crippen LogP contribution in [-0.4, -0.2) is 78.9 Å². The zero-order chi connectivity index (χ0) is 76.2. The molecule has 114 heavy (non-hydrogen) atoms. The van der Waals surface area contributed by atoms with Gasteiger partial charge in [-0.1, -0.05) is 291 Å². The number of hydrogen-bond donors (Lipinski definition) is 0. The van der Waals surface area contributed by atoms with Crippen LogP contribution < -0.4 is 0 Å². The topological polar surface area (TPSA) is 195 Å². The van der Waals surface area contributed by atoms with Crippen molar-refractivity contribution in [3.63, 3.8) is 0 Å². The number of hydrogen-bond acceptors (Lipinski definition) is 14. The molecule has 0 radical (unpaired) electrons. The van der Waals surface area contributed by atoms with Crippen LogP contribution in [0.1, 0.15) is 11.4 Å². The predicted octanol–water partition coefficient (Wildman–Crippen LogP) is 22.2. The summed E-state index contributed by atoms with van der Waals surface area (Å²) in [5.41, 5.74) is 16.2. The minimum atomic E-state index is 0.303. The maximum atomic E-state index is 9.39. The normalized spacial score (nSPS) is 11.4. The molecule has 0 aliphatic heterocycles. The maximum absolute atomic E-state index is 9.39. The van der Waals surface area contributed by atoms with Gasteiger partial charge in [0.25, 0.3) is 0 Å². The molecular formula is C97H61N17. The van der Waals surface area contributed by atoms with Crippen LogP contribution in [0, 0.1) is 20.4 Å². The number of aryl methyl sites for hydroxylation is 2. The third-order valence-electron chi connectivity index (χ3n) is 20.3. The zero-order valence-electron chi connectivity index (χ0n) is 61.4. The molecule has 20 rings (SSSR count). The second-order valence-electron chi connectivity index (χ2n) is 27.7. The SMILES string of the molecule is [C-]#[N+]c1cc(-n2c3cc(-c4nc(-c5ccccc5)nc(-c5ccccc5)n4)ccc3c3ccc(-c4nc(-c5ccccc5)nc(-c5ccccc5)n4)cc32)c(-n2c3cc(-c4nc(-c5ccccc5)nc(-c5ccccc5)n4)ccc3c3ccc(-c4nc(-c5ccccc5)nc(-c5ccccc5)n4)cc32)cc1-c1nc(C)cc(C)n1. The van der Waals surface area contributed by atoms with Gasteiger partial charge in [-0.15, -0.1) is 0 Å². The Morgan fingerprint density at radius 2 is 0.404 bits per heavy atom. The second kappa shape index (κ2) is 28.6. The van der Waals surface area contributed by atoms with Crippen LogP contribution >= 0.6 is 0 Å². The van der Waals surface area contributed by atoms with E-state index in [0.717, 1.165) is 99.5 Å². The zero-order valence-corrected chi connectivity index (χ0v) is 61.4. The van der Waals surface area contributed by atoms with Gasteiger partial charge in [0.05, 0.1) is 40.0 Å². The third kappa shape index (κ3) is 12.6. The van der Waals surface area contributed by atoms with Crippen molar-refractivity contribution in [1.29, 1.82) is 0 Å². The average Bonchev–Trinajstić information content (AvgIpc) is 1.34. The lowest BCUT2D eigenvalue weighted by molar-refractivity contribution is 1.05. The third-order valence-corrected chi connectivity index (χ3v) is 20.3. The van der Waals surface area contributed by atoms with Crippen molar-refractivity contribution in [2.45, 2.75) is 13.8 Å². The molecule has 17 nitrogen and oxygen atoms in total. The van der Waals surface area contributed by atoms with Crippen molar-refractivity contribution < 1.29 is 0 Å². The Balaban J connectivity index is 0.917. The molecule has 17 heteroatoms. The Morgan fingerprint density at radius 1 is 0.202 bits per heavy atom. The molecule has 0 aliphatic carbocycles. The summed E-state index contributed by atoms with van der Waals surface area (Å²) in [5.74, 6) is 6.32. The van der Waals surface area contributed by atoms with E-state index in [0.29, 0.717) is 121 Å². The first kappa shape index (κ1) is 67.4. The molecule has 7 aromatic heterocycles. The molecule has 0 saturated carbocycles. The number of fused-ring (bicyclic) bond motifs is 6. The molecule has 0 spiro atoms. The Bertz CT molecular complexity index is 6550. The fourth-order valence-electron chi connectivity index (χ4n) is 14.9. The molecule has 534 valence electrons. The van der Waals surface area contributed by atoms with Crippen molar-refractivity contribution in [2.75, 3.05) is 0 Å². The molecule has 0 saturated heterocycles. The smallest absolute Gasteiger partial charge is 0.200 e. The lowest BCUT2D eigenvalue weighted by Gasteiger charge is -2.20. The summed E-state index contributed by atoms with van der Waals surface area (Å²) < 4.78 is 4.53. The van der Waals surface area contributed by atoms with Crippen LogP contribution in [-0.2, 0) is 0 Å². The van der Waals surface area contributed by atoms with Gasteiger partial charge in [-0.05, 0) is 56.3 Å². The van der Waals surface area contributed by atoms with Gasteiger partial charge in [-0.25, -0.2) is 74.6 Å². The highest BCUT2D eigenvalue weighted by atomic mass is 15.1. The number of benzene rings is 13. The Hall–Kier alpha value is -15.9. The summed E-state index contributed by atoms with van der Waals surface area (Å²) in [4.78, 5) is 77.8. The molecule has 0 aliphatic rings. The van der Waals surface area contributed by atoms with E-state index in [1.54, 1.807) is 0 Å². The first-order valence-corrected chi connectivity index (χ1v) is 37.3. The van der Waals surface area contributed by atoms with Crippen LogP contribution in [0.5, 0.6) is 0 Å². The van der Waals surface area contributed by atoms with Crippen molar-refractivity contribution >= 4 is 49.3 Å². The number of rotatable bonds is 15. The average molecular weight is 1460 g/mol. The predicted molar refractivity (Wildman–Crippen MR) is 451 cm³/mol. The van der Waals surface area contributed by atoms with Gasteiger partial charge < -0.3 is 9.13 Å². The van der Waals surface area contributed by atoms with E-state index in [9.17, 15) is 6.57 Å². The van der Waals surface area contributed by atoms with E-state index in [1.165, 1.54) is 0 Å². The Labute approximate surface area is 654 Å². The van der Waals surface area contributed by atoms with Crippen molar-refractivity contribution in [2.24, 2.45) is 0 Å². The maximum Gasteiger partial charge on any atom is 0.200 e. The van der Waals surface area contributed by atoms with E-state index in [4.69, 9.17) is 69.8 Å². The minimum Gasteiger partial charge on any atom is -0.308 e. The summed E-state index contributed by atoms with van der Waals surface area (Å²) in [7, 11) is 0. The summed E-state index contributed by atoms with van der Waals surface area (Å²) in [6, 6.07) is 111. The molecule has 0 fully saturated rings. The number of aromatic nitrogens is 16. The first-order valence-electron chi connectivity index (χ1n) is 37.3. The van der Waals surface area contributed by atoms with Gasteiger partial charge >= 0.3 is 0 Å².